The van der Waals surface area contributed by atoms with Gasteiger partial charge < -0.3 is 10.2 Å². The molecule has 2 amide bonds. The molecule has 1 heterocycles. The number of benzene rings is 2. The second-order valence-electron chi connectivity index (χ2n) is 8.10. The first kappa shape index (κ1) is 23.0. The topological polar surface area (TPSA) is 95.6 Å². The van der Waals surface area contributed by atoms with E-state index >= 15 is 0 Å². The van der Waals surface area contributed by atoms with Crippen molar-refractivity contribution in [3.8, 4) is 0 Å². The third-order valence-corrected chi connectivity index (χ3v) is 6.91. The summed E-state index contributed by atoms with van der Waals surface area (Å²) in [4.78, 5) is 26.3. The van der Waals surface area contributed by atoms with Gasteiger partial charge in [0.2, 0.25) is 21.8 Å². The number of nitrogens with one attached hydrogen (secondary N) is 2. The van der Waals surface area contributed by atoms with Crippen LogP contribution in [0.1, 0.15) is 38.8 Å². The summed E-state index contributed by atoms with van der Waals surface area (Å²) >= 11 is 0. The van der Waals surface area contributed by atoms with Gasteiger partial charge in [-0.3, -0.25) is 9.59 Å². The molecule has 2 N–H and O–H groups in total. The van der Waals surface area contributed by atoms with Gasteiger partial charge in [-0.05, 0) is 60.2 Å². The molecule has 2 aromatic rings. The fourth-order valence-corrected chi connectivity index (χ4v) is 5.08. The monoisotopic (exact) mass is 443 g/mol. The van der Waals surface area contributed by atoms with Crippen LogP contribution in [0.3, 0.4) is 0 Å². The molecule has 0 spiro atoms. The number of hydrogen-bond donors (Lipinski definition) is 2. The van der Waals surface area contributed by atoms with Gasteiger partial charge in [-0.25, -0.2) is 8.42 Å². The minimum atomic E-state index is -3.93. The van der Waals surface area contributed by atoms with Gasteiger partial charge in [0.05, 0.1) is 4.90 Å². The molecule has 1 aliphatic heterocycles. The van der Waals surface area contributed by atoms with Crippen LogP contribution in [0, 0.1) is 5.92 Å². The maximum Gasteiger partial charge on any atom is 0.242 e. The van der Waals surface area contributed by atoms with E-state index in [1.54, 1.807) is 36.9 Å². The molecule has 7 nitrogen and oxygen atoms in total. The zero-order valence-corrected chi connectivity index (χ0v) is 19.1. The highest BCUT2D eigenvalue weighted by Gasteiger charge is 2.30. The number of aryl methyl sites for hydroxylation is 1. The SMILES string of the molecule is CCc1cccc(NC(=O)C(NS(=O)(=O)c2ccc3c(c2)CCN3C(C)=O)C(C)C)c1. The Bertz CT molecular complexity index is 1100. The molecular weight excluding hydrogens is 414 g/mol. The molecule has 166 valence electrons. The maximum absolute atomic E-state index is 13.0. The normalized spacial score (nSPS) is 14.4. The summed E-state index contributed by atoms with van der Waals surface area (Å²) in [6.07, 6.45) is 1.43. The van der Waals surface area contributed by atoms with Gasteiger partial charge in [0.15, 0.2) is 0 Å². The molecule has 0 bridgehead atoms. The predicted octanol–water partition coefficient (Wildman–Crippen LogP) is 3.10. The van der Waals surface area contributed by atoms with Crippen molar-refractivity contribution in [3.63, 3.8) is 0 Å². The van der Waals surface area contributed by atoms with E-state index in [0.717, 1.165) is 23.2 Å². The zero-order chi connectivity index (χ0) is 22.8. The number of nitrogens with zero attached hydrogens (tertiary/aromatic N) is 1. The molecule has 0 aliphatic carbocycles. The number of fused-ring (bicyclic) bond motifs is 1. The van der Waals surface area contributed by atoms with Crippen LogP contribution in [0.4, 0.5) is 11.4 Å². The third kappa shape index (κ3) is 5.14. The highest BCUT2D eigenvalue weighted by atomic mass is 32.2. The Balaban J connectivity index is 1.80. The molecule has 0 fully saturated rings. The lowest BCUT2D eigenvalue weighted by Gasteiger charge is -2.22. The highest BCUT2D eigenvalue weighted by Crippen LogP contribution is 2.30. The zero-order valence-electron chi connectivity index (χ0n) is 18.3. The summed E-state index contributed by atoms with van der Waals surface area (Å²) in [6, 6.07) is 11.3. The molecule has 0 saturated carbocycles. The number of anilines is 2. The molecule has 3 rings (SSSR count). The number of amides is 2. The molecule has 1 aliphatic rings. The number of sulfonamides is 1. The fraction of sp³-hybridized carbons (Fsp3) is 0.391. The van der Waals surface area contributed by atoms with Gasteiger partial charge in [-0.2, -0.15) is 4.72 Å². The van der Waals surface area contributed by atoms with E-state index in [0.29, 0.717) is 18.7 Å². The van der Waals surface area contributed by atoms with Crippen molar-refractivity contribution in [2.45, 2.75) is 51.5 Å². The third-order valence-electron chi connectivity index (χ3n) is 5.47. The Morgan fingerprint density at radius 1 is 1.13 bits per heavy atom. The van der Waals surface area contributed by atoms with Crippen LogP contribution in [0.5, 0.6) is 0 Å². The van der Waals surface area contributed by atoms with E-state index in [4.69, 9.17) is 0 Å². The van der Waals surface area contributed by atoms with Crippen LogP contribution in [0.2, 0.25) is 0 Å². The summed E-state index contributed by atoms with van der Waals surface area (Å²) in [5.41, 5.74) is 3.26. The number of rotatable bonds is 7. The van der Waals surface area contributed by atoms with Crippen molar-refractivity contribution in [3.05, 3.63) is 53.6 Å². The van der Waals surface area contributed by atoms with Crippen LogP contribution in [0.15, 0.2) is 47.4 Å². The van der Waals surface area contributed by atoms with E-state index in [9.17, 15) is 18.0 Å². The maximum atomic E-state index is 13.0. The van der Waals surface area contributed by atoms with Crippen molar-refractivity contribution in [1.29, 1.82) is 0 Å². The van der Waals surface area contributed by atoms with Crippen molar-refractivity contribution in [2.75, 3.05) is 16.8 Å². The minimum absolute atomic E-state index is 0.0730. The lowest BCUT2D eigenvalue weighted by Crippen LogP contribution is -2.47. The van der Waals surface area contributed by atoms with Crippen LogP contribution in [-0.2, 0) is 32.5 Å². The van der Waals surface area contributed by atoms with Gasteiger partial charge >= 0.3 is 0 Å². The minimum Gasteiger partial charge on any atom is -0.325 e. The predicted molar refractivity (Wildman–Crippen MR) is 122 cm³/mol. The van der Waals surface area contributed by atoms with Gasteiger partial charge in [0.25, 0.3) is 0 Å². The van der Waals surface area contributed by atoms with Gasteiger partial charge in [-0.1, -0.05) is 32.9 Å². The largest absolute Gasteiger partial charge is 0.325 e. The highest BCUT2D eigenvalue weighted by molar-refractivity contribution is 7.89. The van der Waals surface area contributed by atoms with Crippen molar-refractivity contribution >= 4 is 33.2 Å². The Morgan fingerprint density at radius 2 is 1.87 bits per heavy atom. The second-order valence-corrected chi connectivity index (χ2v) is 9.81. The quantitative estimate of drug-likeness (QED) is 0.687. The first-order chi connectivity index (χ1) is 14.6. The van der Waals surface area contributed by atoms with Crippen molar-refractivity contribution in [2.24, 2.45) is 5.92 Å². The van der Waals surface area contributed by atoms with Crippen LogP contribution in [0.25, 0.3) is 0 Å². The van der Waals surface area contributed by atoms with Crippen LogP contribution >= 0.6 is 0 Å². The average molecular weight is 444 g/mol. The summed E-state index contributed by atoms with van der Waals surface area (Å²) < 4.78 is 28.7. The van der Waals surface area contributed by atoms with E-state index in [1.165, 1.54) is 13.0 Å². The number of hydrogen-bond acceptors (Lipinski definition) is 4. The molecule has 2 aromatic carbocycles. The first-order valence-corrected chi connectivity index (χ1v) is 11.9. The van der Waals surface area contributed by atoms with E-state index in [2.05, 4.69) is 10.0 Å². The summed E-state index contributed by atoms with van der Waals surface area (Å²) in [5.74, 6) is -0.737. The van der Waals surface area contributed by atoms with Gasteiger partial charge in [0.1, 0.15) is 6.04 Å². The molecule has 0 aromatic heterocycles. The van der Waals surface area contributed by atoms with E-state index in [1.807, 2.05) is 25.1 Å². The van der Waals surface area contributed by atoms with Crippen molar-refractivity contribution in [1.82, 2.24) is 4.72 Å². The fourth-order valence-electron chi connectivity index (χ4n) is 3.69. The Morgan fingerprint density at radius 3 is 2.52 bits per heavy atom. The lowest BCUT2D eigenvalue weighted by molar-refractivity contribution is -0.118. The van der Waals surface area contributed by atoms with E-state index in [-0.39, 0.29) is 16.7 Å². The molecule has 1 atom stereocenters. The Labute approximate surface area is 183 Å². The first-order valence-electron chi connectivity index (χ1n) is 10.5. The molecular formula is C23H29N3O4S. The van der Waals surface area contributed by atoms with E-state index < -0.39 is 22.0 Å². The van der Waals surface area contributed by atoms with Crippen molar-refractivity contribution < 1.29 is 18.0 Å². The second kappa shape index (κ2) is 9.20. The van der Waals surface area contributed by atoms with Crippen LogP contribution in [-0.4, -0.2) is 32.8 Å². The molecule has 31 heavy (non-hydrogen) atoms. The molecule has 1 unspecified atom stereocenters. The number of carbonyl (C=O) groups excluding carboxylic acids is 2. The Kier molecular flexibility index (Phi) is 6.81. The van der Waals surface area contributed by atoms with Crippen LogP contribution < -0.4 is 14.9 Å². The molecule has 0 radical (unpaired) electrons. The standard InChI is InChI=1S/C23H29N3O4S/c1-5-17-7-6-8-19(13-17)24-23(28)22(15(2)3)25-31(29,30)20-9-10-21-18(14-20)11-12-26(21)16(4)27/h6-10,13-15,22,25H,5,11-12H2,1-4H3,(H,24,28). The number of carbonyl (C=O) groups is 2. The van der Waals surface area contributed by atoms with Gasteiger partial charge in [-0.15, -0.1) is 0 Å². The summed E-state index contributed by atoms with van der Waals surface area (Å²) in [7, 11) is -3.93. The average Bonchev–Trinajstić information content (AvgIpc) is 3.15. The molecule has 0 saturated heterocycles. The summed E-state index contributed by atoms with van der Waals surface area (Å²) in [6.45, 7) is 7.64. The smallest absolute Gasteiger partial charge is 0.242 e. The van der Waals surface area contributed by atoms with Gasteiger partial charge in [0, 0.05) is 24.8 Å². The summed E-state index contributed by atoms with van der Waals surface area (Å²) in [5, 5.41) is 2.82. The Hall–Kier alpha value is -2.71. The molecule has 8 heteroatoms. The lowest BCUT2D eigenvalue weighted by atomic mass is 10.0.